The topological polar surface area (TPSA) is 37.8 Å². The van der Waals surface area contributed by atoms with Crippen LogP contribution in [0.15, 0.2) is 24.5 Å². The van der Waals surface area contributed by atoms with E-state index in [9.17, 15) is 4.39 Å². The molecule has 3 nitrogen and oxygen atoms in total. The molecule has 0 amide bonds. The molecule has 1 aromatic rings. The summed E-state index contributed by atoms with van der Waals surface area (Å²) >= 11 is 0. The number of anilines is 1. The molecule has 0 fully saturated rings. The minimum atomic E-state index is -0.520. The third-order valence-corrected chi connectivity index (χ3v) is 1.27. The summed E-state index contributed by atoms with van der Waals surface area (Å²) in [5.41, 5.74) is 0. The molecule has 0 unspecified atom stereocenters. The number of rotatable bonds is 3. The Kier molecular flexibility index (Phi) is 3.19. The average Bonchev–Trinajstić information content (AvgIpc) is 2.05. The van der Waals surface area contributed by atoms with Gasteiger partial charge in [-0.2, -0.15) is 4.39 Å². The van der Waals surface area contributed by atoms with Gasteiger partial charge in [-0.15, -0.1) is 0 Å². The van der Waals surface area contributed by atoms with Crippen molar-refractivity contribution in [1.29, 1.82) is 0 Å². The van der Waals surface area contributed by atoms with E-state index in [0.717, 1.165) is 0 Å². The molecule has 12 heavy (non-hydrogen) atoms. The number of allylic oxidation sites excluding steroid dienone is 1. The molecule has 0 spiro atoms. The normalized spacial score (nSPS) is 10.5. The van der Waals surface area contributed by atoms with Gasteiger partial charge in [-0.1, -0.05) is 12.2 Å². The molecule has 0 aliphatic rings. The largest absolute Gasteiger partial charge is 0.366 e. The minimum absolute atomic E-state index is 0.501. The number of halogens is 1. The Morgan fingerprint density at radius 3 is 3.08 bits per heavy atom. The summed E-state index contributed by atoms with van der Waals surface area (Å²) < 4.78 is 12.5. The quantitative estimate of drug-likeness (QED) is 0.549. The molecule has 0 radical (unpaired) electrons. The fourth-order valence-corrected chi connectivity index (χ4v) is 0.712. The van der Waals surface area contributed by atoms with Crippen molar-refractivity contribution >= 4 is 5.82 Å². The lowest BCUT2D eigenvalue weighted by atomic mass is 10.5. The van der Waals surface area contributed by atoms with Crippen molar-refractivity contribution in [2.24, 2.45) is 0 Å². The first-order valence-corrected chi connectivity index (χ1v) is 3.65. The Labute approximate surface area is 70.4 Å². The zero-order valence-electron chi connectivity index (χ0n) is 6.79. The van der Waals surface area contributed by atoms with Crippen LogP contribution in [0, 0.1) is 5.95 Å². The van der Waals surface area contributed by atoms with Crippen LogP contribution < -0.4 is 5.32 Å². The molecule has 1 N–H and O–H groups in total. The maximum absolute atomic E-state index is 12.5. The lowest BCUT2D eigenvalue weighted by molar-refractivity contribution is 0.580. The molecule has 0 aromatic carbocycles. The maximum Gasteiger partial charge on any atom is 0.217 e. The Hall–Kier alpha value is -1.45. The van der Waals surface area contributed by atoms with Crippen molar-refractivity contribution in [2.45, 2.75) is 6.92 Å². The Morgan fingerprint density at radius 2 is 2.42 bits per heavy atom. The van der Waals surface area contributed by atoms with Gasteiger partial charge >= 0.3 is 0 Å². The Morgan fingerprint density at radius 1 is 1.58 bits per heavy atom. The van der Waals surface area contributed by atoms with Crippen LogP contribution in [0.1, 0.15) is 6.92 Å². The molecule has 1 aromatic heterocycles. The van der Waals surface area contributed by atoms with E-state index in [1.807, 2.05) is 19.1 Å². The van der Waals surface area contributed by atoms with Crippen LogP contribution in [-0.4, -0.2) is 16.5 Å². The van der Waals surface area contributed by atoms with Gasteiger partial charge in [0, 0.05) is 12.6 Å². The first kappa shape index (κ1) is 8.64. The van der Waals surface area contributed by atoms with Crippen molar-refractivity contribution in [1.82, 2.24) is 9.97 Å². The van der Waals surface area contributed by atoms with Crippen LogP contribution in [0.5, 0.6) is 0 Å². The fraction of sp³-hybridized carbons (Fsp3) is 0.250. The summed E-state index contributed by atoms with van der Waals surface area (Å²) in [6, 6.07) is 1.25. The van der Waals surface area contributed by atoms with Crippen molar-refractivity contribution in [3.8, 4) is 0 Å². The molecule has 0 saturated carbocycles. The van der Waals surface area contributed by atoms with E-state index >= 15 is 0 Å². The van der Waals surface area contributed by atoms with Gasteiger partial charge in [0.1, 0.15) is 12.1 Å². The van der Waals surface area contributed by atoms with E-state index in [4.69, 9.17) is 0 Å². The molecule has 4 heteroatoms. The number of nitrogens with one attached hydrogen (secondary N) is 1. The number of hydrogen-bond donors (Lipinski definition) is 1. The molecule has 0 saturated heterocycles. The third-order valence-electron chi connectivity index (χ3n) is 1.27. The highest BCUT2D eigenvalue weighted by molar-refractivity contribution is 5.32. The molecule has 64 valence electrons. The van der Waals surface area contributed by atoms with Gasteiger partial charge in [-0.05, 0) is 6.92 Å². The predicted octanol–water partition coefficient (Wildman–Crippen LogP) is 1.60. The first-order chi connectivity index (χ1) is 5.83. The minimum Gasteiger partial charge on any atom is -0.366 e. The van der Waals surface area contributed by atoms with Crippen molar-refractivity contribution in [3.63, 3.8) is 0 Å². The van der Waals surface area contributed by atoms with E-state index in [-0.39, 0.29) is 0 Å². The van der Waals surface area contributed by atoms with Crippen molar-refractivity contribution in [2.75, 3.05) is 11.9 Å². The highest BCUT2D eigenvalue weighted by atomic mass is 19.1. The SMILES string of the molecule is C/C=C/CNc1cc(F)ncn1. The van der Waals surface area contributed by atoms with Crippen LogP contribution in [0.2, 0.25) is 0 Å². The summed E-state index contributed by atoms with van der Waals surface area (Å²) in [7, 11) is 0. The summed E-state index contributed by atoms with van der Waals surface area (Å²) in [4.78, 5) is 7.15. The summed E-state index contributed by atoms with van der Waals surface area (Å²) in [5.74, 6) is -0.0198. The van der Waals surface area contributed by atoms with Gasteiger partial charge in [0.15, 0.2) is 0 Å². The standard InChI is InChI=1S/C8H10FN3/c1-2-3-4-10-8-5-7(9)11-6-12-8/h2-3,5-6H,4H2,1H3,(H,10,11,12)/b3-2+. The van der Waals surface area contributed by atoms with Crippen LogP contribution in [0.3, 0.4) is 0 Å². The van der Waals surface area contributed by atoms with Crippen LogP contribution in [-0.2, 0) is 0 Å². The monoisotopic (exact) mass is 167 g/mol. The van der Waals surface area contributed by atoms with E-state index in [2.05, 4.69) is 15.3 Å². The molecule has 0 atom stereocenters. The molecular weight excluding hydrogens is 157 g/mol. The number of hydrogen-bond acceptors (Lipinski definition) is 3. The van der Waals surface area contributed by atoms with E-state index in [0.29, 0.717) is 12.4 Å². The zero-order chi connectivity index (χ0) is 8.81. The number of nitrogens with zero attached hydrogens (tertiary/aromatic N) is 2. The average molecular weight is 167 g/mol. The summed E-state index contributed by atoms with van der Waals surface area (Å²) in [6.45, 7) is 2.56. The highest BCUT2D eigenvalue weighted by Crippen LogP contribution is 2.00. The lowest BCUT2D eigenvalue weighted by Gasteiger charge is -1.99. The molecule has 0 bridgehead atoms. The van der Waals surface area contributed by atoms with E-state index < -0.39 is 5.95 Å². The smallest absolute Gasteiger partial charge is 0.217 e. The molecule has 0 aliphatic carbocycles. The van der Waals surface area contributed by atoms with Crippen LogP contribution in [0.25, 0.3) is 0 Å². The van der Waals surface area contributed by atoms with Crippen molar-refractivity contribution in [3.05, 3.63) is 30.5 Å². The van der Waals surface area contributed by atoms with Gasteiger partial charge in [0.25, 0.3) is 0 Å². The predicted molar refractivity (Wildman–Crippen MR) is 45.3 cm³/mol. The lowest BCUT2D eigenvalue weighted by Crippen LogP contribution is -2.01. The second-order valence-corrected chi connectivity index (χ2v) is 2.18. The molecule has 1 heterocycles. The Bertz CT molecular complexity index is 273. The third kappa shape index (κ3) is 2.65. The summed E-state index contributed by atoms with van der Waals surface area (Å²) in [5, 5.41) is 2.91. The van der Waals surface area contributed by atoms with Gasteiger partial charge in [0.05, 0.1) is 0 Å². The second-order valence-electron chi connectivity index (χ2n) is 2.18. The molecule has 0 aliphatic heterocycles. The zero-order valence-corrected chi connectivity index (χ0v) is 6.79. The van der Waals surface area contributed by atoms with Gasteiger partial charge in [0.2, 0.25) is 5.95 Å². The molecular formula is C8H10FN3. The molecule has 1 rings (SSSR count). The number of aromatic nitrogens is 2. The first-order valence-electron chi connectivity index (χ1n) is 3.65. The highest BCUT2D eigenvalue weighted by Gasteiger charge is 1.93. The van der Waals surface area contributed by atoms with Gasteiger partial charge in [-0.25, -0.2) is 9.97 Å². The Balaban J connectivity index is 2.52. The van der Waals surface area contributed by atoms with Gasteiger partial charge in [-0.3, -0.25) is 0 Å². The maximum atomic E-state index is 12.5. The van der Waals surface area contributed by atoms with E-state index in [1.165, 1.54) is 12.4 Å². The fourth-order valence-electron chi connectivity index (χ4n) is 0.712. The van der Waals surface area contributed by atoms with Gasteiger partial charge < -0.3 is 5.32 Å². The second kappa shape index (κ2) is 4.43. The van der Waals surface area contributed by atoms with Crippen LogP contribution in [0.4, 0.5) is 10.2 Å². The van der Waals surface area contributed by atoms with Crippen molar-refractivity contribution < 1.29 is 4.39 Å². The summed E-state index contributed by atoms with van der Waals surface area (Å²) in [6.07, 6.45) is 5.01. The van der Waals surface area contributed by atoms with Crippen LogP contribution >= 0.6 is 0 Å². The van der Waals surface area contributed by atoms with E-state index in [1.54, 1.807) is 0 Å².